The first-order valence-electron chi connectivity index (χ1n) is 7.79. The summed E-state index contributed by atoms with van der Waals surface area (Å²) < 4.78 is 15.1. The Balaban J connectivity index is 1.99. The van der Waals surface area contributed by atoms with Gasteiger partial charge in [-0.1, -0.05) is 23.4 Å². The van der Waals surface area contributed by atoms with Crippen molar-refractivity contribution in [2.24, 2.45) is 0 Å². The summed E-state index contributed by atoms with van der Waals surface area (Å²) in [7, 11) is 2.65. The van der Waals surface area contributed by atoms with Crippen molar-refractivity contribution in [3.05, 3.63) is 52.8 Å². The summed E-state index contributed by atoms with van der Waals surface area (Å²) in [6.07, 6.45) is 1.44. The molecule has 7 nitrogen and oxygen atoms in total. The lowest BCUT2D eigenvalue weighted by Crippen LogP contribution is -2.31. The molecule has 8 heteroatoms. The topological polar surface area (TPSA) is 86.8 Å². The number of halogens is 1. The minimum Gasteiger partial charge on any atom is -0.494 e. The molecule has 0 spiro atoms. The monoisotopic (exact) mass is 388 g/mol. The molecule has 2 rings (SSSR count). The Morgan fingerprint density at radius 3 is 2.63 bits per heavy atom. The molecule has 0 radical (unpaired) electrons. The summed E-state index contributed by atoms with van der Waals surface area (Å²) in [6, 6.07) is 8.52. The van der Waals surface area contributed by atoms with Gasteiger partial charge in [-0.3, -0.25) is 9.59 Å². The lowest BCUT2D eigenvalue weighted by Gasteiger charge is -2.08. The number of carbonyl (C=O) groups excluding carboxylic acids is 2. The zero-order chi connectivity index (χ0) is 19.6. The summed E-state index contributed by atoms with van der Waals surface area (Å²) in [6.45, 7) is -0.0882. The zero-order valence-corrected chi connectivity index (χ0v) is 15.5. The van der Waals surface area contributed by atoms with Crippen LogP contribution >= 0.6 is 11.6 Å². The van der Waals surface area contributed by atoms with Gasteiger partial charge in [0.25, 0.3) is 5.91 Å². The number of methoxy groups -OCH3 is 2. The number of hydrogen-bond acceptors (Lipinski definition) is 6. The number of rotatable bonds is 6. The molecule has 1 aromatic carbocycles. The molecule has 1 N–H and O–H groups in total. The van der Waals surface area contributed by atoms with Crippen LogP contribution in [0.4, 0.5) is 0 Å². The third kappa shape index (κ3) is 6.20. The summed E-state index contributed by atoms with van der Waals surface area (Å²) in [4.78, 5) is 27.2. The minimum absolute atomic E-state index is 0.0457. The number of aromatic nitrogens is 1. The van der Waals surface area contributed by atoms with Gasteiger partial charge in [0, 0.05) is 16.8 Å². The number of benzene rings is 1. The fourth-order valence-corrected chi connectivity index (χ4v) is 2.06. The largest absolute Gasteiger partial charge is 0.494 e. The maximum absolute atomic E-state index is 12.1. The van der Waals surface area contributed by atoms with Gasteiger partial charge < -0.3 is 19.5 Å². The highest BCUT2D eigenvalue weighted by Gasteiger charge is 2.15. The Morgan fingerprint density at radius 1 is 1.22 bits per heavy atom. The molecule has 1 heterocycles. The molecule has 0 aliphatic heterocycles. The summed E-state index contributed by atoms with van der Waals surface area (Å²) >= 11 is 5.81. The molecular formula is C19H17ClN2O5. The number of esters is 1. The van der Waals surface area contributed by atoms with Crippen LogP contribution in [0.2, 0.25) is 5.02 Å². The van der Waals surface area contributed by atoms with Crippen LogP contribution in [0.15, 0.2) is 36.5 Å². The van der Waals surface area contributed by atoms with Gasteiger partial charge in [0.2, 0.25) is 0 Å². The Bertz CT molecular complexity index is 872. The van der Waals surface area contributed by atoms with Crippen LogP contribution in [0.3, 0.4) is 0 Å². The van der Waals surface area contributed by atoms with Gasteiger partial charge in [0.1, 0.15) is 18.9 Å². The van der Waals surface area contributed by atoms with Crippen LogP contribution in [-0.2, 0) is 9.53 Å². The third-order valence-corrected chi connectivity index (χ3v) is 3.52. The second-order valence-electron chi connectivity index (χ2n) is 5.08. The van der Waals surface area contributed by atoms with Crippen molar-refractivity contribution >= 4 is 23.5 Å². The van der Waals surface area contributed by atoms with Gasteiger partial charge in [-0.15, -0.1) is 0 Å². The van der Waals surface area contributed by atoms with E-state index < -0.39 is 11.9 Å². The first-order valence-corrected chi connectivity index (χ1v) is 8.17. The molecule has 140 valence electrons. The molecule has 0 saturated carbocycles. The number of carbonyl (C=O) groups is 2. The summed E-state index contributed by atoms with van der Waals surface area (Å²) in [5.74, 6) is 5.50. The van der Waals surface area contributed by atoms with Gasteiger partial charge in [-0.05, 0) is 30.3 Å². The molecule has 0 fully saturated rings. The highest BCUT2D eigenvalue weighted by Crippen LogP contribution is 2.17. The van der Waals surface area contributed by atoms with Crippen molar-refractivity contribution in [3.8, 4) is 23.3 Å². The van der Waals surface area contributed by atoms with Crippen molar-refractivity contribution in [2.75, 3.05) is 27.4 Å². The molecule has 27 heavy (non-hydrogen) atoms. The quantitative estimate of drug-likeness (QED) is 0.602. The van der Waals surface area contributed by atoms with Gasteiger partial charge in [-0.25, -0.2) is 4.98 Å². The highest BCUT2D eigenvalue weighted by molar-refractivity contribution is 6.30. The lowest BCUT2D eigenvalue weighted by molar-refractivity contribution is -0.139. The van der Waals surface area contributed by atoms with Crippen molar-refractivity contribution in [3.63, 3.8) is 0 Å². The van der Waals surface area contributed by atoms with Crippen LogP contribution in [0, 0.1) is 11.8 Å². The standard InChI is InChI=1S/C19H17ClN2O5/c1-25-16-10-13(4-3-9-27-15-7-5-14(20)6-8-15)11-21-18(16)19(24)22-12-17(23)26-2/h5-8,10-11H,9,12H2,1-2H3,(H,22,24). The number of hydrogen-bond donors (Lipinski definition) is 1. The van der Waals surface area contributed by atoms with Crippen LogP contribution in [-0.4, -0.2) is 44.2 Å². The Hall–Kier alpha value is -3.24. The van der Waals surface area contributed by atoms with Gasteiger partial charge in [0.05, 0.1) is 14.2 Å². The first kappa shape index (κ1) is 20.1. The van der Waals surface area contributed by atoms with Crippen molar-refractivity contribution in [1.82, 2.24) is 10.3 Å². The molecule has 1 amide bonds. The SMILES string of the molecule is COC(=O)CNC(=O)c1ncc(C#CCOc2ccc(Cl)cc2)cc1OC. The van der Waals surface area contributed by atoms with Gasteiger partial charge >= 0.3 is 5.97 Å². The van der Waals surface area contributed by atoms with E-state index in [0.29, 0.717) is 16.3 Å². The normalized spacial score (nSPS) is 9.59. The Kier molecular flexibility index (Phi) is 7.47. The number of amides is 1. The smallest absolute Gasteiger partial charge is 0.325 e. The average Bonchev–Trinajstić information content (AvgIpc) is 2.70. The second-order valence-corrected chi connectivity index (χ2v) is 5.51. The maximum Gasteiger partial charge on any atom is 0.325 e. The van der Waals surface area contributed by atoms with Crippen LogP contribution in [0.5, 0.6) is 11.5 Å². The van der Waals surface area contributed by atoms with Crippen LogP contribution in [0.1, 0.15) is 16.1 Å². The number of nitrogens with zero attached hydrogens (tertiary/aromatic N) is 1. The van der Waals surface area contributed by atoms with Crippen molar-refractivity contribution in [1.29, 1.82) is 0 Å². The van der Waals surface area contributed by atoms with E-state index in [1.165, 1.54) is 20.4 Å². The number of ether oxygens (including phenoxy) is 3. The number of nitrogens with one attached hydrogen (secondary N) is 1. The Morgan fingerprint density at radius 2 is 1.96 bits per heavy atom. The van der Waals surface area contributed by atoms with E-state index in [2.05, 4.69) is 26.9 Å². The molecule has 0 aliphatic carbocycles. The summed E-state index contributed by atoms with van der Waals surface area (Å²) in [5.41, 5.74) is 0.598. The van der Waals surface area contributed by atoms with E-state index in [1.807, 2.05) is 0 Å². The van der Waals surface area contributed by atoms with E-state index in [9.17, 15) is 9.59 Å². The molecule has 0 bridgehead atoms. The Labute approximate surface area is 161 Å². The predicted octanol–water partition coefficient (Wildman–Crippen LogP) is 2.08. The molecule has 0 unspecified atom stereocenters. The van der Waals surface area contributed by atoms with Crippen molar-refractivity contribution < 1.29 is 23.8 Å². The van der Waals surface area contributed by atoms with E-state index >= 15 is 0 Å². The van der Waals surface area contributed by atoms with E-state index in [0.717, 1.165) is 0 Å². The lowest BCUT2D eigenvalue weighted by atomic mass is 10.2. The zero-order valence-electron chi connectivity index (χ0n) is 14.7. The molecular weight excluding hydrogens is 372 g/mol. The molecule has 1 aromatic heterocycles. The van der Waals surface area contributed by atoms with E-state index in [4.69, 9.17) is 21.1 Å². The van der Waals surface area contributed by atoms with Crippen LogP contribution in [0.25, 0.3) is 0 Å². The molecule has 0 saturated heterocycles. The minimum atomic E-state index is -0.564. The van der Waals surface area contributed by atoms with E-state index in [-0.39, 0.29) is 24.6 Å². The maximum atomic E-state index is 12.1. The van der Waals surface area contributed by atoms with E-state index in [1.54, 1.807) is 30.3 Å². The van der Waals surface area contributed by atoms with Gasteiger partial charge in [0.15, 0.2) is 11.4 Å². The fourth-order valence-electron chi connectivity index (χ4n) is 1.94. The predicted molar refractivity (Wildman–Crippen MR) is 99.0 cm³/mol. The summed E-state index contributed by atoms with van der Waals surface area (Å²) in [5, 5.41) is 3.02. The first-order chi connectivity index (χ1) is 13.0. The highest BCUT2D eigenvalue weighted by atomic mass is 35.5. The molecule has 0 aliphatic rings. The second kappa shape index (κ2) is 10.0. The molecule has 0 atom stereocenters. The fraction of sp³-hybridized carbons (Fsp3) is 0.211. The third-order valence-electron chi connectivity index (χ3n) is 3.27. The average molecular weight is 389 g/mol. The van der Waals surface area contributed by atoms with Gasteiger partial charge in [-0.2, -0.15) is 0 Å². The van der Waals surface area contributed by atoms with Crippen molar-refractivity contribution in [2.45, 2.75) is 0 Å². The van der Waals surface area contributed by atoms with Crippen LogP contribution < -0.4 is 14.8 Å². The molecule has 2 aromatic rings. The number of pyridine rings is 1.